The van der Waals surface area contributed by atoms with Crippen molar-refractivity contribution in [2.75, 3.05) is 12.3 Å². The average Bonchev–Trinajstić information content (AvgIpc) is 3.64. The van der Waals surface area contributed by atoms with Crippen LogP contribution in [-0.4, -0.2) is 86.1 Å². The molecule has 6 N–H and O–H groups in total. The molecule has 0 saturated carbocycles. The standard InChI is InChI=1S/C29H36N8O10S2/c1-28(2)23(25(39)37(28)47-49(42,43)44)33-24(38)22(19-15-48-27(31)32-19)34-46-29(3,26(40)41)21-9-7-17-12-16(6-8-20(17)45-21)18-13-35(4)36(14-18)11-5-10-30/h6,8,12-15,21,23H,5,7,9-11,30H2,1-4H3,(H4-,31,32,33,38,40,41,42,43,44)/b34-22-/t21-,23+,29-/m0/s1. The summed E-state index contributed by atoms with van der Waals surface area (Å²) in [5.74, 6) is -3.01. The summed E-state index contributed by atoms with van der Waals surface area (Å²) in [6.07, 6.45) is 4.52. The summed E-state index contributed by atoms with van der Waals surface area (Å²) in [4.78, 5) is 48.4. The SMILES string of the molecule is C[n+]1cc(-c2ccc3c(c2)CC[C@@H]([C@](C)(O/N=C(\C(=O)N[C@@H]2C(=O)N(OS(=O)(=O)[O-])C2(C)C)c2csc(N)n2)C(=O)O)O3)cn1CCCN. The fraction of sp³-hybridized carbons (Fsp3) is 0.448. The minimum absolute atomic E-state index is 0.0595. The van der Waals surface area contributed by atoms with Crippen molar-refractivity contribution in [1.82, 2.24) is 20.0 Å². The van der Waals surface area contributed by atoms with Crippen molar-refractivity contribution in [3.8, 4) is 16.9 Å². The first-order valence-electron chi connectivity index (χ1n) is 15.0. The van der Waals surface area contributed by atoms with Crippen molar-refractivity contribution < 1.29 is 51.0 Å². The number of benzene rings is 1. The number of aryl methyl sites for hydroxylation is 3. The zero-order valence-corrected chi connectivity index (χ0v) is 28.6. The van der Waals surface area contributed by atoms with Gasteiger partial charge in [0.1, 0.15) is 17.5 Å². The van der Waals surface area contributed by atoms with E-state index in [1.807, 2.05) is 36.3 Å². The summed E-state index contributed by atoms with van der Waals surface area (Å²) < 4.78 is 47.6. The Bertz CT molecular complexity index is 1920. The molecule has 2 aliphatic rings. The fourth-order valence-electron chi connectivity index (χ4n) is 5.53. The first-order chi connectivity index (χ1) is 22.9. The van der Waals surface area contributed by atoms with Crippen LogP contribution >= 0.6 is 11.3 Å². The van der Waals surface area contributed by atoms with Gasteiger partial charge in [0.05, 0.1) is 23.8 Å². The van der Waals surface area contributed by atoms with Gasteiger partial charge in [0.15, 0.2) is 24.0 Å². The van der Waals surface area contributed by atoms with Gasteiger partial charge in [-0.2, -0.15) is 14.0 Å². The monoisotopic (exact) mass is 720 g/mol. The first kappa shape index (κ1) is 35.7. The van der Waals surface area contributed by atoms with Crippen LogP contribution in [0, 0.1) is 0 Å². The predicted molar refractivity (Wildman–Crippen MR) is 171 cm³/mol. The number of fused-ring (bicyclic) bond motifs is 1. The van der Waals surface area contributed by atoms with Gasteiger partial charge in [-0.25, -0.2) is 18.2 Å². The number of nitrogens with zero attached hydrogens (tertiary/aromatic N) is 5. The van der Waals surface area contributed by atoms with E-state index in [9.17, 15) is 32.5 Å². The largest absolute Gasteiger partial charge is 0.724 e. The van der Waals surface area contributed by atoms with E-state index in [0.717, 1.165) is 41.0 Å². The highest BCUT2D eigenvalue weighted by molar-refractivity contribution is 7.80. The lowest BCUT2D eigenvalue weighted by molar-refractivity contribution is -0.753. The summed E-state index contributed by atoms with van der Waals surface area (Å²) in [5, 5.41) is 18.4. The lowest BCUT2D eigenvalue weighted by atomic mass is 9.84. The Morgan fingerprint density at radius 3 is 2.69 bits per heavy atom. The molecule has 0 radical (unpaired) electrons. The Morgan fingerprint density at radius 2 is 2.08 bits per heavy atom. The van der Waals surface area contributed by atoms with Crippen molar-refractivity contribution >= 4 is 50.4 Å². The number of carboxylic acids is 1. The van der Waals surface area contributed by atoms with Crippen LogP contribution in [0.15, 0.2) is 41.1 Å². The fourth-order valence-corrected chi connectivity index (χ4v) is 6.53. The number of rotatable bonds is 13. The minimum Gasteiger partial charge on any atom is -0.724 e. The molecule has 2 amide bonds. The number of nitrogens with two attached hydrogens (primary N) is 2. The van der Waals surface area contributed by atoms with Gasteiger partial charge < -0.3 is 36.0 Å². The Hall–Kier alpha value is -4.63. The van der Waals surface area contributed by atoms with Gasteiger partial charge >= 0.3 is 5.97 Å². The Kier molecular flexibility index (Phi) is 9.72. The molecule has 0 aliphatic carbocycles. The summed E-state index contributed by atoms with van der Waals surface area (Å²) >= 11 is 0.966. The van der Waals surface area contributed by atoms with Gasteiger partial charge in [0, 0.05) is 5.38 Å². The van der Waals surface area contributed by atoms with Crippen molar-refractivity contribution in [2.45, 2.75) is 69.9 Å². The number of hydrogen-bond acceptors (Lipinski definition) is 14. The van der Waals surface area contributed by atoms with E-state index in [0.29, 0.717) is 23.8 Å². The maximum atomic E-state index is 13.5. The number of hydroxylamine groups is 2. The second-order valence-electron chi connectivity index (χ2n) is 12.3. The van der Waals surface area contributed by atoms with Gasteiger partial charge in [0.2, 0.25) is 16.6 Å². The molecular formula is C29H36N8O10S2. The number of amides is 2. The number of ether oxygens (including phenoxy) is 1. The number of carboxylic acid groups (broad SMARTS) is 1. The Labute approximate surface area is 285 Å². The van der Waals surface area contributed by atoms with Crippen LogP contribution < -0.4 is 26.2 Å². The number of aliphatic carboxylic acids is 1. The van der Waals surface area contributed by atoms with E-state index < -0.39 is 57.2 Å². The lowest BCUT2D eigenvalue weighted by Crippen LogP contribution is -2.76. The molecule has 264 valence electrons. The smallest absolute Gasteiger partial charge is 0.354 e. The van der Waals surface area contributed by atoms with E-state index in [4.69, 9.17) is 21.0 Å². The van der Waals surface area contributed by atoms with Gasteiger partial charge in [-0.05, 0) is 69.8 Å². The Balaban J connectivity index is 1.36. The molecule has 3 aromatic rings. The van der Waals surface area contributed by atoms with E-state index in [2.05, 4.69) is 24.4 Å². The highest BCUT2D eigenvalue weighted by atomic mass is 32.3. The zero-order valence-electron chi connectivity index (χ0n) is 27.0. The normalized spacial score (nSPS) is 20.1. The van der Waals surface area contributed by atoms with Crippen LogP contribution in [0.25, 0.3) is 11.1 Å². The second-order valence-corrected chi connectivity index (χ2v) is 14.1. The third-order valence-corrected chi connectivity index (χ3v) is 9.42. The number of carbonyl (C=O) groups excluding carboxylic acids is 2. The number of nitrogen functional groups attached to an aromatic ring is 1. The number of β-lactam (4-membered cyclic amide) rings is 1. The molecule has 5 rings (SSSR count). The molecular weight excluding hydrogens is 684 g/mol. The van der Waals surface area contributed by atoms with Gasteiger partial charge in [0.25, 0.3) is 17.4 Å². The molecule has 20 heteroatoms. The highest BCUT2D eigenvalue weighted by Crippen LogP contribution is 2.37. The molecule has 2 aliphatic heterocycles. The molecule has 0 bridgehead atoms. The minimum atomic E-state index is -5.27. The van der Waals surface area contributed by atoms with Crippen molar-refractivity contribution in [2.24, 2.45) is 17.9 Å². The third-order valence-electron chi connectivity index (χ3n) is 8.41. The maximum Gasteiger partial charge on any atom is 0.354 e. The molecule has 3 atom stereocenters. The van der Waals surface area contributed by atoms with Crippen LogP contribution in [0.4, 0.5) is 5.13 Å². The number of carbonyl (C=O) groups is 3. The van der Waals surface area contributed by atoms with E-state index >= 15 is 0 Å². The van der Waals surface area contributed by atoms with Crippen molar-refractivity contribution in [3.63, 3.8) is 0 Å². The summed E-state index contributed by atoms with van der Waals surface area (Å²) in [6, 6.07) is 4.27. The summed E-state index contributed by atoms with van der Waals surface area (Å²) in [6.45, 7) is 5.31. The number of anilines is 1. The molecule has 1 aromatic carbocycles. The molecule has 1 fully saturated rings. The maximum absolute atomic E-state index is 13.5. The molecule has 0 unspecified atom stereocenters. The van der Waals surface area contributed by atoms with Crippen LogP contribution in [0.3, 0.4) is 0 Å². The Morgan fingerprint density at radius 1 is 1.35 bits per heavy atom. The summed E-state index contributed by atoms with van der Waals surface area (Å²) in [7, 11) is -3.33. The predicted octanol–water partition coefficient (Wildman–Crippen LogP) is -0.178. The number of aromatic nitrogens is 3. The van der Waals surface area contributed by atoms with Gasteiger partial charge in [-0.3, -0.25) is 9.59 Å². The average molecular weight is 721 g/mol. The zero-order chi connectivity index (χ0) is 35.9. The second kappa shape index (κ2) is 13.3. The van der Waals surface area contributed by atoms with Crippen molar-refractivity contribution in [3.05, 3.63) is 47.2 Å². The topological polar surface area (TPSA) is 258 Å². The quantitative estimate of drug-likeness (QED) is 0.0447. The van der Waals surface area contributed by atoms with Gasteiger partial charge in [-0.1, -0.05) is 11.2 Å². The van der Waals surface area contributed by atoms with Crippen LogP contribution in [0.5, 0.6) is 5.75 Å². The van der Waals surface area contributed by atoms with Crippen LogP contribution in [0.1, 0.15) is 44.9 Å². The van der Waals surface area contributed by atoms with Crippen LogP contribution in [0.2, 0.25) is 0 Å². The number of thiazole rings is 1. The van der Waals surface area contributed by atoms with E-state index in [1.54, 1.807) is 6.07 Å². The first-order valence-corrected chi connectivity index (χ1v) is 17.2. The van der Waals surface area contributed by atoms with Crippen molar-refractivity contribution in [1.29, 1.82) is 0 Å². The summed E-state index contributed by atoms with van der Waals surface area (Å²) in [5.41, 5.74) is 10.1. The molecule has 2 aromatic heterocycles. The number of nitrogens with one attached hydrogen (secondary N) is 1. The molecule has 18 nitrogen and oxygen atoms in total. The van der Waals surface area contributed by atoms with Crippen LogP contribution in [-0.2, 0) is 53.9 Å². The molecule has 4 heterocycles. The molecule has 0 spiro atoms. The highest BCUT2D eigenvalue weighted by Gasteiger charge is 2.57. The third kappa shape index (κ3) is 7.22. The van der Waals surface area contributed by atoms with Gasteiger partial charge in [-0.15, -0.1) is 16.0 Å². The lowest BCUT2D eigenvalue weighted by Gasteiger charge is -2.51. The molecule has 49 heavy (non-hydrogen) atoms. The molecule has 1 saturated heterocycles. The number of hydrogen-bond donors (Lipinski definition) is 4. The van der Waals surface area contributed by atoms with E-state index in [-0.39, 0.29) is 17.2 Å². The number of oxime groups is 1. The van der Waals surface area contributed by atoms with E-state index in [1.165, 1.54) is 26.2 Å².